The van der Waals surface area contributed by atoms with Crippen LogP contribution in [0.15, 0.2) is 72.9 Å². The van der Waals surface area contributed by atoms with Gasteiger partial charge in [-0.15, -0.1) is 0 Å². The summed E-state index contributed by atoms with van der Waals surface area (Å²) in [6.45, 7) is 0.601. The fourth-order valence-electron chi connectivity index (χ4n) is 4.79. The van der Waals surface area contributed by atoms with Crippen molar-refractivity contribution in [3.05, 3.63) is 89.7 Å². The Morgan fingerprint density at radius 2 is 1.64 bits per heavy atom. The molecule has 1 amide bonds. The van der Waals surface area contributed by atoms with Crippen molar-refractivity contribution >= 4 is 12.1 Å². The first kappa shape index (κ1) is 21.2. The van der Waals surface area contributed by atoms with E-state index >= 15 is 0 Å². The van der Waals surface area contributed by atoms with Crippen LogP contribution >= 0.6 is 0 Å². The van der Waals surface area contributed by atoms with Crippen LogP contribution in [0, 0.1) is 0 Å². The molecule has 7 heteroatoms. The van der Waals surface area contributed by atoms with Crippen molar-refractivity contribution in [1.29, 1.82) is 0 Å². The molecule has 1 fully saturated rings. The number of carbonyl (C=O) groups excluding carboxylic acids is 1. The number of aliphatic carboxylic acids is 1. The first-order valence-electron chi connectivity index (χ1n) is 11.0. The number of carboxylic acid groups (broad SMARTS) is 1. The maximum Gasteiger partial charge on any atom is 0.410 e. The lowest BCUT2D eigenvalue weighted by molar-refractivity contribution is -0.146. The van der Waals surface area contributed by atoms with Crippen molar-refractivity contribution in [1.82, 2.24) is 9.88 Å². The van der Waals surface area contributed by atoms with Gasteiger partial charge in [-0.05, 0) is 40.8 Å². The number of fused-ring (bicyclic) bond motifs is 3. The van der Waals surface area contributed by atoms with Crippen LogP contribution in [0.2, 0.25) is 0 Å². The van der Waals surface area contributed by atoms with Gasteiger partial charge in [0.1, 0.15) is 6.61 Å². The molecule has 0 spiro atoms. The van der Waals surface area contributed by atoms with Crippen LogP contribution in [0.5, 0.6) is 0 Å². The number of rotatable bonds is 6. The third-order valence-corrected chi connectivity index (χ3v) is 6.34. The Kier molecular flexibility index (Phi) is 5.79. The van der Waals surface area contributed by atoms with Crippen LogP contribution in [-0.2, 0) is 20.9 Å². The Bertz CT molecular complexity index is 1120. The Balaban J connectivity index is 1.26. The number of likely N-dealkylation sites (tertiary alicyclic amines) is 1. The lowest BCUT2D eigenvalue weighted by Gasteiger charge is -2.25. The predicted molar refractivity (Wildman–Crippen MR) is 121 cm³/mol. The molecule has 2 aliphatic rings. The molecule has 2 heterocycles. The van der Waals surface area contributed by atoms with Crippen LogP contribution in [0.1, 0.15) is 29.2 Å². The monoisotopic (exact) mass is 444 g/mol. The number of aromatic nitrogens is 1. The summed E-state index contributed by atoms with van der Waals surface area (Å²) >= 11 is 0. The fraction of sp³-hybridized carbons (Fsp3) is 0.269. The van der Waals surface area contributed by atoms with Gasteiger partial charge in [0, 0.05) is 18.7 Å². The summed E-state index contributed by atoms with van der Waals surface area (Å²) in [5.74, 6) is -1.18. The van der Waals surface area contributed by atoms with Crippen LogP contribution in [0.4, 0.5) is 4.79 Å². The smallest absolute Gasteiger partial charge is 0.410 e. The molecule has 0 bridgehead atoms. The Morgan fingerprint density at radius 3 is 2.27 bits per heavy atom. The maximum atomic E-state index is 12.9. The Hall–Kier alpha value is -3.71. The molecule has 1 aliphatic carbocycles. The van der Waals surface area contributed by atoms with Gasteiger partial charge in [0.25, 0.3) is 0 Å². The fourth-order valence-corrected chi connectivity index (χ4v) is 4.79. The van der Waals surface area contributed by atoms with E-state index in [4.69, 9.17) is 9.47 Å². The normalized spacial score (nSPS) is 19.2. The first-order valence-corrected chi connectivity index (χ1v) is 11.0. The van der Waals surface area contributed by atoms with E-state index in [0.717, 1.165) is 22.3 Å². The minimum absolute atomic E-state index is 0.0802. The average molecular weight is 444 g/mol. The van der Waals surface area contributed by atoms with Gasteiger partial charge in [-0.3, -0.25) is 9.88 Å². The summed E-state index contributed by atoms with van der Waals surface area (Å²) in [5, 5.41) is 9.80. The van der Waals surface area contributed by atoms with Crippen molar-refractivity contribution < 1.29 is 24.2 Å². The van der Waals surface area contributed by atoms with Crippen molar-refractivity contribution in [2.75, 3.05) is 13.2 Å². The zero-order chi connectivity index (χ0) is 22.8. The number of amides is 1. The van der Waals surface area contributed by atoms with Crippen LogP contribution in [0.3, 0.4) is 0 Å². The number of carbonyl (C=O) groups is 2. The van der Waals surface area contributed by atoms with Crippen LogP contribution in [-0.4, -0.2) is 52.4 Å². The second-order valence-corrected chi connectivity index (χ2v) is 8.24. The minimum atomic E-state index is -1.10. The minimum Gasteiger partial charge on any atom is -0.480 e. The SMILES string of the molecule is O=C(O)[C@@H]1[C@H](OCc2ccccn2)CCN1C(=O)OCC1c2ccccc2-c2ccccc21. The van der Waals surface area contributed by atoms with E-state index in [2.05, 4.69) is 17.1 Å². The van der Waals surface area contributed by atoms with Gasteiger partial charge in [0.15, 0.2) is 6.04 Å². The van der Waals surface area contributed by atoms with Crippen molar-refractivity contribution in [3.63, 3.8) is 0 Å². The molecule has 2 aromatic carbocycles. The molecule has 1 aromatic heterocycles. The molecule has 1 N–H and O–H groups in total. The summed E-state index contributed by atoms with van der Waals surface area (Å²) in [7, 11) is 0. The number of hydrogen-bond donors (Lipinski definition) is 1. The summed E-state index contributed by atoms with van der Waals surface area (Å²) in [6.07, 6.45) is 0.831. The number of nitrogens with zero attached hydrogens (tertiary/aromatic N) is 2. The second-order valence-electron chi connectivity index (χ2n) is 8.24. The average Bonchev–Trinajstić information content (AvgIpc) is 3.42. The number of hydrogen-bond acceptors (Lipinski definition) is 5. The largest absolute Gasteiger partial charge is 0.480 e. The molecular formula is C26H24N2O5. The summed E-state index contributed by atoms with van der Waals surface area (Å²) < 4.78 is 11.5. The Labute approximate surface area is 191 Å². The third-order valence-electron chi connectivity index (χ3n) is 6.34. The molecule has 1 aliphatic heterocycles. The van der Waals surface area contributed by atoms with Gasteiger partial charge in [-0.2, -0.15) is 0 Å². The lowest BCUT2D eigenvalue weighted by Crippen LogP contribution is -2.46. The molecule has 0 radical (unpaired) electrons. The van der Waals surface area contributed by atoms with Gasteiger partial charge in [0.2, 0.25) is 0 Å². The van der Waals surface area contributed by atoms with Crippen molar-refractivity contribution in [2.24, 2.45) is 0 Å². The Morgan fingerprint density at radius 1 is 0.970 bits per heavy atom. The molecule has 3 aromatic rings. The number of ether oxygens (including phenoxy) is 2. The summed E-state index contributed by atoms with van der Waals surface area (Å²) in [4.78, 5) is 30.4. The van der Waals surface area contributed by atoms with Gasteiger partial charge in [0.05, 0.1) is 18.4 Å². The zero-order valence-corrected chi connectivity index (χ0v) is 18.0. The molecular weight excluding hydrogens is 420 g/mol. The molecule has 7 nitrogen and oxygen atoms in total. The third kappa shape index (κ3) is 4.07. The summed E-state index contributed by atoms with van der Waals surface area (Å²) in [6, 6.07) is 20.5. The number of carboxylic acids is 1. The highest BCUT2D eigenvalue weighted by atomic mass is 16.6. The van der Waals surface area contributed by atoms with E-state index in [9.17, 15) is 14.7 Å². The standard InChI is InChI=1S/C26H24N2O5/c29-25(30)24-23(32-15-17-7-5-6-13-27-17)12-14-28(24)26(31)33-16-22-20-10-3-1-8-18(20)19-9-2-4-11-21(19)22/h1-11,13,22-24H,12,14-16H2,(H,29,30)/t23-,24+/m1/s1. The number of benzene rings is 2. The van der Waals surface area contributed by atoms with E-state index < -0.39 is 24.2 Å². The van der Waals surface area contributed by atoms with Gasteiger partial charge < -0.3 is 14.6 Å². The highest BCUT2D eigenvalue weighted by molar-refractivity contribution is 5.82. The van der Waals surface area contributed by atoms with E-state index in [1.54, 1.807) is 12.3 Å². The van der Waals surface area contributed by atoms with Gasteiger partial charge in [-0.1, -0.05) is 54.6 Å². The van der Waals surface area contributed by atoms with Gasteiger partial charge >= 0.3 is 12.1 Å². The maximum absolute atomic E-state index is 12.9. The molecule has 2 atom stereocenters. The number of pyridine rings is 1. The predicted octanol–water partition coefficient (Wildman–Crippen LogP) is 4.07. The molecule has 0 saturated carbocycles. The quantitative estimate of drug-likeness (QED) is 0.616. The molecule has 33 heavy (non-hydrogen) atoms. The van der Waals surface area contributed by atoms with E-state index in [1.807, 2.05) is 48.5 Å². The van der Waals surface area contributed by atoms with Gasteiger partial charge in [-0.25, -0.2) is 9.59 Å². The zero-order valence-electron chi connectivity index (χ0n) is 18.0. The van der Waals surface area contributed by atoms with Crippen LogP contribution in [0.25, 0.3) is 11.1 Å². The molecule has 5 rings (SSSR count). The second kappa shape index (κ2) is 9.03. The van der Waals surface area contributed by atoms with E-state index in [-0.39, 0.29) is 25.7 Å². The van der Waals surface area contributed by atoms with Crippen molar-refractivity contribution in [2.45, 2.75) is 31.1 Å². The molecule has 168 valence electrons. The van der Waals surface area contributed by atoms with E-state index in [1.165, 1.54) is 4.90 Å². The lowest BCUT2D eigenvalue weighted by atomic mass is 9.98. The van der Waals surface area contributed by atoms with Crippen molar-refractivity contribution in [3.8, 4) is 11.1 Å². The van der Waals surface area contributed by atoms with E-state index in [0.29, 0.717) is 12.1 Å². The molecule has 0 unspecified atom stereocenters. The highest BCUT2D eigenvalue weighted by Crippen LogP contribution is 2.44. The first-order chi connectivity index (χ1) is 16.1. The topological polar surface area (TPSA) is 89.0 Å². The summed E-state index contributed by atoms with van der Waals surface area (Å²) in [5.41, 5.74) is 5.21. The van der Waals surface area contributed by atoms with Crippen LogP contribution < -0.4 is 0 Å². The molecule has 1 saturated heterocycles. The highest BCUT2D eigenvalue weighted by Gasteiger charge is 2.44.